The van der Waals surface area contributed by atoms with Gasteiger partial charge in [-0.15, -0.1) is 0 Å². The fourth-order valence-corrected chi connectivity index (χ4v) is 17.6. The van der Waals surface area contributed by atoms with Gasteiger partial charge in [-0.3, -0.25) is 19.2 Å². The van der Waals surface area contributed by atoms with Crippen LogP contribution in [0.3, 0.4) is 0 Å². The molecule has 8 heteroatoms. The number of aromatic nitrogens is 4. The van der Waals surface area contributed by atoms with E-state index in [0.29, 0.717) is 66.8 Å². The van der Waals surface area contributed by atoms with Gasteiger partial charge in [0.25, 0.3) is 22.2 Å². The third kappa shape index (κ3) is 16.7. The molecule has 546 valence electrons. The molecule has 4 atom stereocenters. The molecule has 10 aromatic heterocycles. The van der Waals surface area contributed by atoms with Crippen molar-refractivity contribution < 1.29 is 0 Å². The van der Waals surface area contributed by atoms with Gasteiger partial charge in [0.1, 0.15) is 0 Å². The first-order valence-corrected chi connectivity index (χ1v) is 40.3. The molecule has 0 radical (unpaired) electrons. The van der Waals surface area contributed by atoms with Crippen LogP contribution in [0.15, 0.2) is 225 Å². The molecule has 0 amide bonds. The van der Waals surface area contributed by atoms with Crippen LogP contribution in [0.2, 0.25) is 0 Å². The van der Waals surface area contributed by atoms with Gasteiger partial charge in [-0.25, -0.2) is 0 Å². The van der Waals surface area contributed by atoms with Crippen molar-refractivity contribution in [1.82, 2.24) is 18.3 Å². The molecule has 12 bridgehead atoms. The highest BCUT2D eigenvalue weighted by Crippen LogP contribution is 2.37. The van der Waals surface area contributed by atoms with Gasteiger partial charge in [0.05, 0.1) is 0 Å². The summed E-state index contributed by atoms with van der Waals surface area (Å²) in [7, 11) is 0. The Morgan fingerprint density at radius 1 is 0.227 bits per heavy atom. The topological polar surface area (TPSA) is 88.0 Å². The fraction of sp³-hybridized carbons (Fsp3) is 0.314. The van der Waals surface area contributed by atoms with Crippen molar-refractivity contribution in [2.24, 2.45) is 23.7 Å². The Morgan fingerprint density at radius 3 is 0.618 bits per heavy atom. The molecule has 110 heavy (non-hydrogen) atoms. The van der Waals surface area contributed by atoms with E-state index in [1.807, 2.05) is 225 Å². The van der Waals surface area contributed by atoms with Crippen LogP contribution in [0, 0.1) is 96.5 Å². The minimum Gasteiger partial charge on any atom is -0.305 e. The molecule has 4 aliphatic carbocycles. The smallest absolute Gasteiger partial charge is 0.258 e. The van der Waals surface area contributed by atoms with Crippen LogP contribution in [0.4, 0.5) is 0 Å². The quantitative estimate of drug-likeness (QED) is 0.152. The Labute approximate surface area is 647 Å². The summed E-state index contributed by atoms with van der Waals surface area (Å²) in [6.07, 6.45) is 22.3. The molecule has 9 aromatic carbocycles. The van der Waals surface area contributed by atoms with Crippen molar-refractivity contribution in [1.29, 1.82) is 0 Å². The van der Waals surface area contributed by atoms with E-state index in [0.717, 1.165) is 168 Å². The van der Waals surface area contributed by atoms with Gasteiger partial charge >= 0.3 is 0 Å². The van der Waals surface area contributed by atoms with Crippen LogP contribution >= 0.6 is 0 Å². The van der Waals surface area contributed by atoms with E-state index in [1.54, 1.807) is 0 Å². The lowest BCUT2D eigenvalue weighted by Crippen LogP contribution is -2.29. The first kappa shape index (κ1) is 73.7. The van der Waals surface area contributed by atoms with E-state index < -0.39 is 0 Å². The van der Waals surface area contributed by atoms with E-state index >= 15 is 19.2 Å². The second-order valence-corrected chi connectivity index (χ2v) is 31.1. The Hall–Kier alpha value is -11.8. The van der Waals surface area contributed by atoms with Crippen molar-refractivity contribution in [2.45, 2.75) is 180 Å². The maximum atomic E-state index is 15.3. The maximum Gasteiger partial charge on any atom is 0.258 e. The van der Waals surface area contributed by atoms with E-state index in [2.05, 4.69) is 100 Å². The average molecular weight is 1440 g/mol. The van der Waals surface area contributed by atoms with Gasteiger partial charge in [0.15, 0.2) is 0 Å². The van der Waals surface area contributed by atoms with Crippen molar-refractivity contribution in [3.63, 3.8) is 0 Å². The molecule has 23 rings (SSSR count). The molecule has 19 aromatic rings. The molecule has 0 N–H and O–H groups in total. The molecular formula is C102H94N4O4. The zero-order valence-electron chi connectivity index (χ0n) is 63.8. The first-order chi connectivity index (χ1) is 53.8. The van der Waals surface area contributed by atoms with E-state index in [1.165, 1.54) is 25.7 Å². The number of hydrogen-bond donors (Lipinski definition) is 0. The third-order valence-electron chi connectivity index (χ3n) is 24.2. The molecule has 4 saturated carbocycles. The van der Waals surface area contributed by atoms with Crippen LogP contribution in [-0.4, -0.2) is 18.3 Å². The summed E-state index contributed by atoms with van der Waals surface area (Å²) in [5.41, 5.74) is 2.73. The van der Waals surface area contributed by atoms with Crippen LogP contribution in [0.5, 0.6) is 0 Å². The van der Waals surface area contributed by atoms with Crippen LogP contribution in [0.1, 0.15) is 180 Å². The van der Waals surface area contributed by atoms with E-state index in [4.69, 9.17) is 0 Å². The predicted octanol–water partition coefficient (Wildman–Crippen LogP) is 23.9. The summed E-state index contributed by atoms with van der Waals surface area (Å²) in [4.78, 5) is 60.7. The Kier molecular flexibility index (Phi) is 22.9. The summed E-state index contributed by atoms with van der Waals surface area (Å²) in [6.45, 7) is 8.75. The van der Waals surface area contributed by atoms with Crippen molar-refractivity contribution in [3.8, 4) is 0 Å². The minimum atomic E-state index is -0.116. The molecule has 4 aliphatic rings. The Bertz CT molecular complexity index is 5580. The van der Waals surface area contributed by atoms with Gasteiger partial charge in [0, 0.05) is 132 Å². The van der Waals surface area contributed by atoms with Crippen LogP contribution < -0.4 is 22.2 Å². The van der Waals surface area contributed by atoms with Gasteiger partial charge in [-0.1, -0.05) is 174 Å². The van der Waals surface area contributed by atoms with E-state index in [9.17, 15) is 0 Å². The second-order valence-electron chi connectivity index (χ2n) is 31.1. The van der Waals surface area contributed by atoms with Crippen LogP contribution in [-0.2, 0) is 0 Å². The number of rotatable bonds is 8. The lowest BCUT2D eigenvalue weighted by Gasteiger charge is -2.29. The summed E-state index contributed by atoms with van der Waals surface area (Å²) < 4.78 is 7.86. The Balaban J connectivity index is 0.977. The number of benzene rings is 9. The fourth-order valence-electron chi connectivity index (χ4n) is 17.6. The lowest BCUT2D eigenvalue weighted by molar-refractivity contribution is 0.265. The minimum absolute atomic E-state index is 0.0625. The zero-order chi connectivity index (χ0) is 75.5. The normalized spacial score (nSPS) is 16.0. The highest BCUT2D eigenvalue weighted by atomic mass is 16.1. The highest BCUT2D eigenvalue weighted by molar-refractivity contribution is 5.95. The largest absolute Gasteiger partial charge is 0.305 e. The summed E-state index contributed by atoms with van der Waals surface area (Å²) in [5, 5.41) is 10.7. The SMILES string of the molecule is C[C@H](C1CCCCC1)n1c(=O)c2ccc(cc2)c(=O)n([C@H](C)C2CCCCC2)c2ccc(c#cc3cc4c#cc5ccccc5c#cc5ccc(cc5)n([C@H](C)C5CCCCC5)c(=O)c5ccc(cc5)c(=O)n([C@H](C)C5CCCCC5)c5ccc(c#cc4cc3c#cc3ccccc3c#cc3ccc1cc3)cc5)cc2. The summed E-state index contributed by atoms with van der Waals surface area (Å²) >= 11 is 0. The number of nitrogens with zero attached hydrogens (tertiary/aromatic N) is 4. The van der Waals surface area contributed by atoms with Crippen molar-refractivity contribution in [2.75, 3.05) is 0 Å². The first-order valence-electron chi connectivity index (χ1n) is 40.3. The molecular weight excluding hydrogens is 1350 g/mol. The Morgan fingerprint density at radius 2 is 0.409 bits per heavy atom. The second kappa shape index (κ2) is 34.2. The maximum absolute atomic E-state index is 15.3. The molecule has 0 unspecified atom stereocenters. The monoisotopic (exact) mass is 1440 g/mol. The lowest BCUT2D eigenvalue weighted by atomic mass is 9.84. The third-order valence-corrected chi connectivity index (χ3v) is 24.2. The summed E-state index contributed by atoms with van der Waals surface area (Å²) in [6, 6.07) is 108. The highest BCUT2D eigenvalue weighted by Gasteiger charge is 2.27. The number of fused-ring (bicyclic) bond motifs is 2. The van der Waals surface area contributed by atoms with Crippen molar-refractivity contribution >= 4 is 108 Å². The predicted molar refractivity (Wildman–Crippen MR) is 453 cm³/mol. The average Bonchev–Trinajstić information content (AvgIpc) is 0.781. The molecule has 4 fully saturated rings. The summed E-state index contributed by atoms with van der Waals surface area (Å²) in [5.74, 6) is 1.33. The van der Waals surface area contributed by atoms with Gasteiger partial charge < -0.3 is 18.3 Å². The molecule has 10 heterocycles. The van der Waals surface area contributed by atoms with E-state index in [-0.39, 0.29) is 46.4 Å². The van der Waals surface area contributed by atoms with Gasteiger partial charge in [-0.2, -0.15) is 0 Å². The molecule has 0 spiro atoms. The number of hydrogen-bond acceptors (Lipinski definition) is 4. The van der Waals surface area contributed by atoms with Gasteiger partial charge in [-0.05, 0) is 285 Å². The molecule has 0 aliphatic heterocycles. The molecule has 8 nitrogen and oxygen atoms in total. The van der Waals surface area contributed by atoms with Gasteiger partial charge in [0.2, 0.25) is 0 Å². The van der Waals surface area contributed by atoms with Crippen LogP contribution in [0.25, 0.3) is 108 Å². The van der Waals surface area contributed by atoms with Crippen molar-refractivity contribution in [3.05, 3.63) is 320 Å². The standard InChI is InChI=1S/C102H94N4O4/c1-71(79-21-9-5-10-22-79)103-95-61-37-75(38-62-95)33-45-83-29-17-19-31-85(83)49-59-93-69-92-48-36-78-43-67-98(68-44-78)106(74(4)82-27-15-8-16-28-82)102(110)90-57-53-88(54-58-90)100(108)104(72(2)80-23-11-6-12-24-80)96-63-39-76(40-64-96)34-46-84-30-18-20-32-86(84)50-60-94(92)70-91(93)47-35-77-41-65-97(66-42-77)105(73(3)81-25-13-7-14-26-81)101(109)89-55-51-87(52-56-89)99(103)107/h17-20,29-32,37-44,51-58,61-74,79-82H,5-16,21-28H2,1-4H3/t71-,72-,73-,74-/m1/s1. The molecule has 0 saturated heterocycles. The zero-order valence-corrected chi connectivity index (χ0v) is 63.8.